The number of benzene rings is 2. The van der Waals surface area contributed by atoms with Gasteiger partial charge in [-0.15, -0.1) is 12.4 Å². The lowest BCUT2D eigenvalue weighted by molar-refractivity contribution is 0.478. The van der Waals surface area contributed by atoms with Crippen molar-refractivity contribution in [3.63, 3.8) is 0 Å². The monoisotopic (exact) mass is 339 g/mol. The summed E-state index contributed by atoms with van der Waals surface area (Å²) in [7, 11) is 0. The van der Waals surface area contributed by atoms with E-state index < -0.39 is 0 Å². The summed E-state index contributed by atoms with van der Waals surface area (Å²) in [6, 6.07) is 12.0. The van der Waals surface area contributed by atoms with Crippen molar-refractivity contribution in [3.8, 4) is 11.5 Å². The van der Waals surface area contributed by atoms with E-state index in [9.17, 15) is 0 Å². The quantitative estimate of drug-likeness (QED) is 0.836. The SMILES string of the molecule is Cc1c(Oc2ccc(Br)cc2)ccc2c1CCN2.Cl. The maximum absolute atomic E-state index is 5.94. The topological polar surface area (TPSA) is 21.3 Å². The van der Waals surface area contributed by atoms with Gasteiger partial charge in [-0.2, -0.15) is 0 Å². The van der Waals surface area contributed by atoms with Crippen LogP contribution in [0.3, 0.4) is 0 Å². The molecule has 1 N–H and O–H groups in total. The highest BCUT2D eigenvalue weighted by atomic mass is 79.9. The minimum Gasteiger partial charge on any atom is -0.457 e. The molecule has 2 aromatic carbocycles. The summed E-state index contributed by atoms with van der Waals surface area (Å²) in [5, 5.41) is 3.38. The molecule has 0 radical (unpaired) electrons. The van der Waals surface area contributed by atoms with Gasteiger partial charge < -0.3 is 10.1 Å². The Morgan fingerprint density at radius 1 is 1.11 bits per heavy atom. The molecule has 3 rings (SSSR count). The molecule has 0 aliphatic carbocycles. The van der Waals surface area contributed by atoms with Gasteiger partial charge in [0.2, 0.25) is 0 Å². The first-order valence-electron chi connectivity index (χ1n) is 6.04. The van der Waals surface area contributed by atoms with Crippen LogP contribution in [0, 0.1) is 6.92 Å². The van der Waals surface area contributed by atoms with E-state index in [-0.39, 0.29) is 12.4 Å². The highest BCUT2D eigenvalue weighted by molar-refractivity contribution is 9.10. The van der Waals surface area contributed by atoms with Crippen LogP contribution in [0.25, 0.3) is 0 Å². The molecule has 0 amide bonds. The number of nitrogens with one attached hydrogen (secondary N) is 1. The van der Waals surface area contributed by atoms with Crippen LogP contribution in [-0.4, -0.2) is 6.54 Å². The lowest BCUT2D eigenvalue weighted by Crippen LogP contribution is -1.91. The van der Waals surface area contributed by atoms with Gasteiger partial charge in [0.25, 0.3) is 0 Å². The van der Waals surface area contributed by atoms with Crippen molar-refractivity contribution in [2.75, 3.05) is 11.9 Å². The molecule has 1 aliphatic rings. The number of rotatable bonds is 2. The lowest BCUT2D eigenvalue weighted by atomic mass is 10.1. The van der Waals surface area contributed by atoms with Crippen molar-refractivity contribution in [1.82, 2.24) is 0 Å². The van der Waals surface area contributed by atoms with Gasteiger partial charge >= 0.3 is 0 Å². The lowest BCUT2D eigenvalue weighted by Gasteiger charge is -2.12. The molecule has 100 valence electrons. The third-order valence-electron chi connectivity index (χ3n) is 3.28. The normalized spacial score (nSPS) is 12.3. The summed E-state index contributed by atoms with van der Waals surface area (Å²) in [4.78, 5) is 0. The van der Waals surface area contributed by atoms with Crippen LogP contribution in [-0.2, 0) is 6.42 Å². The zero-order valence-electron chi connectivity index (χ0n) is 10.6. The summed E-state index contributed by atoms with van der Waals surface area (Å²) < 4.78 is 7.00. The molecule has 4 heteroatoms. The number of hydrogen-bond acceptors (Lipinski definition) is 2. The molecular formula is C15H15BrClNO. The van der Waals surface area contributed by atoms with E-state index in [0.29, 0.717) is 0 Å². The minimum atomic E-state index is 0. The van der Waals surface area contributed by atoms with E-state index in [1.54, 1.807) is 0 Å². The number of halogens is 2. The van der Waals surface area contributed by atoms with Crippen molar-refractivity contribution in [2.24, 2.45) is 0 Å². The third kappa shape index (κ3) is 2.88. The first-order chi connectivity index (χ1) is 8.74. The van der Waals surface area contributed by atoms with E-state index >= 15 is 0 Å². The Morgan fingerprint density at radius 2 is 1.84 bits per heavy atom. The first kappa shape index (κ1) is 14.2. The molecule has 0 bridgehead atoms. The molecule has 0 spiro atoms. The maximum Gasteiger partial charge on any atom is 0.130 e. The zero-order valence-corrected chi connectivity index (χ0v) is 13.0. The van der Waals surface area contributed by atoms with Crippen molar-refractivity contribution in [1.29, 1.82) is 0 Å². The summed E-state index contributed by atoms with van der Waals surface area (Å²) in [6.07, 6.45) is 1.08. The zero-order chi connectivity index (χ0) is 12.5. The summed E-state index contributed by atoms with van der Waals surface area (Å²) in [5.41, 5.74) is 3.86. The van der Waals surface area contributed by atoms with Gasteiger partial charge in [0, 0.05) is 16.7 Å². The molecule has 19 heavy (non-hydrogen) atoms. The van der Waals surface area contributed by atoms with E-state index in [2.05, 4.69) is 34.2 Å². The predicted molar refractivity (Wildman–Crippen MR) is 84.8 cm³/mol. The number of ether oxygens (including phenoxy) is 1. The van der Waals surface area contributed by atoms with Gasteiger partial charge in [-0.05, 0) is 60.9 Å². The highest BCUT2D eigenvalue weighted by Crippen LogP contribution is 2.34. The predicted octanol–water partition coefficient (Wildman–Crippen LogP) is 4.94. The molecule has 0 aromatic heterocycles. The van der Waals surface area contributed by atoms with Gasteiger partial charge in [0.05, 0.1) is 0 Å². The van der Waals surface area contributed by atoms with Gasteiger partial charge in [-0.25, -0.2) is 0 Å². The van der Waals surface area contributed by atoms with Crippen molar-refractivity contribution < 1.29 is 4.74 Å². The molecule has 2 aromatic rings. The van der Waals surface area contributed by atoms with E-state index in [1.807, 2.05) is 30.3 Å². The largest absolute Gasteiger partial charge is 0.457 e. The van der Waals surface area contributed by atoms with Gasteiger partial charge in [-0.1, -0.05) is 15.9 Å². The summed E-state index contributed by atoms with van der Waals surface area (Å²) >= 11 is 3.42. The van der Waals surface area contributed by atoms with Gasteiger partial charge in [0.1, 0.15) is 11.5 Å². The summed E-state index contributed by atoms with van der Waals surface area (Å²) in [5.74, 6) is 1.81. The molecule has 0 saturated carbocycles. The van der Waals surface area contributed by atoms with E-state index in [4.69, 9.17) is 4.74 Å². The number of anilines is 1. The second-order valence-corrected chi connectivity index (χ2v) is 5.36. The third-order valence-corrected chi connectivity index (χ3v) is 3.81. The maximum atomic E-state index is 5.94. The fourth-order valence-corrected chi connectivity index (χ4v) is 2.55. The average Bonchev–Trinajstić information content (AvgIpc) is 2.84. The Kier molecular flexibility index (Phi) is 4.38. The molecule has 0 atom stereocenters. The van der Waals surface area contributed by atoms with E-state index in [1.165, 1.54) is 16.8 Å². The Balaban J connectivity index is 0.00000133. The standard InChI is InChI=1S/C15H14BrNO.ClH/c1-10-13-8-9-17-14(13)6-7-15(10)18-12-4-2-11(16)3-5-12;/h2-7,17H,8-9H2,1H3;1H. The minimum absolute atomic E-state index is 0. The van der Waals surface area contributed by atoms with E-state index in [0.717, 1.165) is 28.9 Å². The Labute approximate surface area is 127 Å². The second-order valence-electron chi connectivity index (χ2n) is 4.45. The van der Waals surface area contributed by atoms with Crippen molar-refractivity contribution in [3.05, 3.63) is 52.0 Å². The molecule has 0 saturated heterocycles. The smallest absolute Gasteiger partial charge is 0.130 e. The van der Waals surface area contributed by atoms with Crippen LogP contribution in [0.5, 0.6) is 11.5 Å². The fraction of sp³-hybridized carbons (Fsp3) is 0.200. The van der Waals surface area contributed by atoms with Crippen molar-refractivity contribution >= 4 is 34.0 Å². The first-order valence-corrected chi connectivity index (χ1v) is 6.83. The number of hydrogen-bond donors (Lipinski definition) is 1. The molecule has 1 heterocycles. The van der Waals surface area contributed by atoms with Crippen molar-refractivity contribution in [2.45, 2.75) is 13.3 Å². The average molecular weight is 341 g/mol. The fourth-order valence-electron chi connectivity index (χ4n) is 2.29. The molecular weight excluding hydrogens is 326 g/mol. The van der Waals surface area contributed by atoms with Gasteiger partial charge in [0.15, 0.2) is 0 Å². The van der Waals surface area contributed by atoms with Crippen LogP contribution in [0.2, 0.25) is 0 Å². The highest BCUT2D eigenvalue weighted by Gasteiger charge is 2.15. The van der Waals surface area contributed by atoms with Crippen LogP contribution in [0.1, 0.15) is 11.1 Å². The van der Waals surface area contributed by atoms with Gasteiger partial charge in [-0.3, -0.25) is 0 Å². The Morgan fingerprint density at radius 3 is 2.58 bits per heavy atom. The van der Waals surface area contributed by atoms with Crippen LogP contribution >= 0.6 is 28.3 Å². The molecule has 0 fully saturated rings. The Hall–Kier alpha value is -1.19. The molecule has 2 nitrogen and oxygen atoms in total. The van der Waals surface area contributed by atoms with Crippen LogP contribution in [0.15, 0.2) is 40.9 Å². The second kappa shape index (κ2) is 5.85. The van der Waals surface area contributed by atoms with Crippen LogP contribution in [0.4, 0.5) is 5.69 Å². The van der Waals surface area contributed by atoms with Crippen LogP contribution < -0.4 is 10.1 Å². The molecule has 0 unspecified atom stereocenters. The number of fused-ring (bicyclic) bond motifs is 1. The summed E-state index contributed by atoms with van der Waals surface area (Å²) in [6.45, 7) is 3.15. The molecule has 1 aliphatic heterocycles. The Bertz CT molecular complexity index is 583.